The van der Waals surface area contributed by atoms with E-state index in [1.807, 2.05) is 19.0 Å². The number of benzene rings is 2. The molecular formula is C22H23ClN2O5. The molecule has 1 unspecified atom stereocenters. The van der Waals surface area contributed by atoms with Crippen LogP contribution in [0.4, 0.5) is 0 Å². The first kappa shape index (κ1) is 21.7. The third kappa shape index (κ3) is 4.13. The highest BCUT2D eigenvalue weighted by atomic mass is 35.5. The molecule has 7 nitrogen and oxygen atoms in total. The van der Waals surface area contributed by atoms with Gasteiger partial charge in [0.05, 0.1) is 18.7 Å². The maximum Gasteiger partial charge on any atom is 0.295 e. The fraction of sp³-hybridized carbons (Fsp3) is 0.273. The molecule has 0 saturated carbocycles. The van der Waals surface area contributed by atoms with E-state index >= 15 is 0 Å². The Kier molecular flexibility index (Phi) is 6.34. The van der Waals surface area contributed by atoms with Crippen LogP contribution in [-0.4, -0.2) is 66.0 Å². The van der Waals surface area contributed by atoms with Gasteiger partial charge in [0.15, 0.2) is 11.5 Å². The van der Waals surface area contributed by atoms with Gasteiger partial charge in [-0.1, -0.05) is 29.8 Å². The number of methoxy groups -OCH3 is 1. The molecule has 1 amide bonds. The summed E-state index contributed by atoms with van der Waals surface area (Å²) >= 11 is 6.03. The minimum absolute atomic E-state index is 0.0504. The number of ether oxygens (including phenoxy) is 1. The first-order valence-corrected chi connectivity index (χ1v) is 9.68. The fourth-order valence-corrected chi connectivity index (χ4v) is 3.62. The lowest BCUT2D eigenvalue weighted by molar-refractivity contribution is -0.140. The normalized spacial score (nSPS) is 18.3. The van der Waals surface area contributed by atoms with Crippen LogP contribution in [0.1, 0.15) is 17.2 Å². The van der Waals surface area contributed by atoms with E-state index in [9.17, 15) is 19.8 Å². The number of phenolic OH excluding ortho intramolecular Hbond substituents is 1. The second kappa shape index (κ2) is 8.77. The predicted molar refractivity (Wildman–Crippen MR) is 114 cm³/mol. The van der Waals surface area contributed by atoms with Gasteiger partial charge in [0.1, 0.15) is 5.76 Å². The zero-order valence-corrected chi connectivity index (χ0v) is 17.7. The number of likely N-dealkylation sites (tertiary alicyclic amines) is 1. The van der Waals surface area contributed by atoms with Gasteiger partial charge in [0.2, 0.25) is 0 Å². The lowest BCUT2D eigenvalue weighted by atomic mass is 9.95. The van der Waals surface area contributed by atoms with E-state index in [0.29, 0.717) is 22.7 Å². The van der Waals surface area contributed by atoms with Gasteiger partial charge in [-0.3, -0.25) is 9.59 Å². The minimum Gasteiger partial charge on any atom is -0.507 e. The second-order valence-corrected chi connectivity index (χ2v) is 7.67. The van der Waals surface area contributed by atoms with Gasteiger partial charge >= 0.3 is 0 Å². The highest BCUT2D eigenvalue weighted by Gasteiger charge is 2.46. The molecular weight excluding hydrogens is 408 g/mol. The maximum absolute atomic E-state index is 12.9. The Bertz CT molecular complexity index is 1020. The third-order valence-electron chi connectivity index (χ3n) is 4.94. The number of phenols is 1. The van der Waals surface area contributed by atoms with Crippen LogP contribution >= 0.6 is 11.6 Å². The monoisotopic (exact) mass is 430 g/mol. The standard InChI is InChI=1S/C22H23ClN2O5/c1-24(2)9-10-25-19(13-7-8-17(30-3)16(26)12-13)18(21(28)22(25)29)20(27)14-5-4-6-15(23)11-14/h4-8,11-12,19,26-27H,9-10H2,1-3H3/b20-18-. The molecule has 1 saturated heterocycles. The van der Waals surface area contributed by atoms with Gasteiger partial charge in [0.25, 0.3) is 11.7 Å². The summed E-state index contributed by atoms with van der Waals surface area (Å²) in [6.07, 6.45) is 0. The summed E-state index contributed by atoms with van der Waals surface area (Å²) in [7, 11) is 5.14. The number of rotatable bonds is 6. The Labute approximate surface area is 179 Å². The first-order chi connectivity index (χ1) is 14.2. The molecule has 3 rings (SSSR count). The van der Waals surface area contributed by atoms with Crippen molar-refractivity contribution in [3.63, 3.8) is 0 Å². The molecule has 1 aliphatic rings. The maximum atomic E-state index is 12.9. The van der Waals surface area contributed by atoms with Gasteiger partial charge in [0, 0.05) is 23.7 Å². The van der Waals surface area contributed by atoms with Crippen molar-refractivity contribution in [2.45, 2.75) is 6.04 Å². The van der Waals surface area contributed by atoms with Gasteiger partial charge in [-0.25, -0.2) is 0 Å². The number of ketones is 1. The molecule has 0 radical (unpaired) electrons. The number of Topliss-reactive ketones (excluding diaryl/α,β-unsaturated/α-hetero) is 1. The van der Waals surface area contributed by atoms with Crippen LogP contribution in [0.3, 0.4) is 0 Å². The number of aliphatic hydroxyl groups excluding tert-OH is 1. The van der Waals surface area contributed by atoms with E-state index in [-0.39, 0.29) is 29.4 Å². The fourth-order valence-electron chi connectivity index (χ4n) is 3.43. The van der Waals surface area contributed by atoms with Crippen molar-refractivity contribution in [1.82, 2.24) is 9.80 Å². The average Bonchev–Trinajstić information content (AvgIpc) is 2.96. The van der Waals surface area contributed by atoms with E-state index < -0.39 is 17.7 Å². The summed E-state index contributed by atoms with van der Waals surface area (Å²) in [5, 5.41) is 21.6. The zero-order chi connectivity index (χ0) is 22.0. The first-order valence-electron chi connectivity index (χ1n) is 9.30. The number of carbonyl (C=O) groups excluding carboxylic acids is 2. The number of aromatic hydroxyl groups is 1. The van der Waals surface area contributed by atoms with E-state index in [1.54, 1.807) is 30.3 Å². The number of likely N-dealkylation sites (N-methyl/N-ethyl adjacent to an activating group) is 1. The molecule has 158 valence electrons. The van der Waals surface area contributed by atoms with E-state index in [0.717, 1.165) is 0 Å². The molecule has 30 heavy (non-hydrogen) atoms. The SMILES string of the molecule is COc1ccc(C2/C(=C(/O)c3cccc(Cl)c3)C(=O)C(=O)N2CCN(C)C)cc1O. The third-order valence-corrected chi connectivity index (χ3v) is 5.18. The van der Waals surface area contributed by atoms with Crippen LogP contribution in [0.5, 0.6) is 11.5 Å². The Morgan fingerprint density at radius 1 is 1.20 bits per heavy atom. The summed E-state index contributed by atoms with van der Waals surface area (Å²) in [6, 6.07) is 10.2. The second-order valence-electron chi connectivity index (χ2n) is 7.24. The molecule has 2 aromatic rings. The van der Waals surface area contributed by atoms with Crippen LogP contribution in [0, 0.1) is 0 Å². The average molecular weight is 431 g/mol. The molecule has 2 N–H and O–H groups in total. The van der Waals surface area contributed by atoms with Crippen molar-refractivity contribution >= 4 is 29.1 Å². The number of hydrogen-bond acceptors (Lipinski definition) is 6. The molecule has 1 fully saturated rings. The predicted octanol–water partition coefficient (Wildman–Crippen LogP) is 3.04. The molecule has 0 spiro atoms. The summed E-state index contributed by atoms with van der Waals surface area (Å²) in [6.45, 7) is 0.782. The highest BCUT2D eigenvalue weighted by molar-refractivity contribution is 6.46. The number of carbonyl (C=O) groups is 2. The lowest BCUT2D eigenvalue weighted by Crippen LogP contribution is -2.35. The van der Waals surface area contributed by atoms with Crippen molar-refractivity contribution in [2.75, 3.05) is 34.3 Å². The van der Waals surface area contributed by atoms with Gasteiger partial charge < -0.3 is 24.7 Å². The van der Waals surface area contributed by atoms with Gasteiger partial charge in [-0.15, -0.1) is 0 Å². The van der Waals surface area contributed by atoms with Crippen molar-refractivity contribution in [3.05, 3.63) is 64.2 Å². The van der Waals surface area contributed by atoms with E-state index in [1.165, 1.54) is 24.1 Å². The molecule has 8 heteroatoms. The van der Waals surface area contributed by atoms with Crippen molar-refractivity contribution in [2.24, 2.45) is 0 Å². The number of nitrogens with zero attached hydrogens (tertiary/aromatic N) is 2. The van der Waals surface area contributed by atoms with Crippen LogP contribution in [0.25, 0.3) is 5.76 Å². The van der Waals surface area contributed by atoms with E-state index in [4.69, 9.17) is 16.3 Å². The van der Waals surface area contributed by atoms with Crippen LogP contribution < -0.4 is 4.74 Å². The summed E-state index contributed by atoms with van der Waals surface area (Å²) in [4.78, 5) is 29.0. The molecule has 1 aliphatic heterocycles. The Morgan fingerprint density at radius 3 is 2.53 bits per heavy atom. The smallest absolute Gasteiger partial charge is 0.295 e. The molecule has 0 aliphatic carbocycles. The Morgan fingerprint density at radius 2 is 1.93 bits per heavy atom. The van der Waals surface area contributed by atoms with Gasteiger partial charge in [-0.2, -0.15) is 0 Å². The summed E-state index contributed by atoms with van der Waals surface area (Å²) in [5.74, 6) is -1.68. The van der Waals surface area contributed by atoms with Crippen molar-refractivity contribution < 1.29 is 24.5 Å². The lowest BCUT2D eigenvalue weighted by Gasteiger charge is -2.26. The number of hydrogen-bond donors (Lipinski definition) is 2. The minimum atomic E-state index is -0.860. The van der Waals surface area contributed by atoms with Crippen LogP contribution in [-0.2, 0) is 9.59 Å². The zero-order valence-electron chi connectivity index (χ0n) is 16.9. The summed E-state index contributed by atoms with van der Waals surface area (Å²) in [5.41, 5.74) is 0.760. The molecule has 2 aromatic carbocycles. The quantitative estimate of drug-likeness (QED) is 0.416. The summed E-state index contributed by atoms with van der Waals surface area (Å²) < 4.78 is 5.09. The number of amides is 1. The molecule has 1 atom stereocenters. The molecule has 1 heterocycles. The Balaban J connectivity index is 2.17. The largest absolute Gasteiger partial charge is 0.507 e. The highest BCUT2D eigenvalue weighted by Crippen LogP contribution is 2.41. The van der Waals surface area contributed by atoms with Crippen molar-refractivity contribution in [3.8, 4) is 11.5 Å². The topological polar surface area (TPSA) is 90.3 Å². The number of aliphatic hydroxyl groups is 1. The molecule has 0 aromatic heterocycles. The van der Waals surface area contributed by atoms with Crippen molar-refractivity contribution in [1.29, 1.82) is 0 Å². The van der Waals surface area contributed by atoms with Crippen LogP contribution in [0.15, 0.2) is 48.0 Å². The Hall–Kier alpha value is -3.03. The van der Waals surface area contributed by atoms with Crippen LogP contribution in [0.2, 0.25) is 5.02 Å². The van der Waals surface area contributed by atoms with E-state index in [2.05, 4.69) is 0 Å². The van der Waals surface area contributed by atoms with Gasteiger partial charge in [-0.05, 0) is 43.9 Å². The number of halogens is 1. The molecule has 0 bridgehead atoms.